The standard InChI is InChI=1S/C14H22N6/c1-14(2)6-4-5-9(7-14)17-11-10-8-16-20-12(10)19-13(15-3)18-11/h8-9H,4-7H2,1-3H3,(H3,15,16,17,18,19,20). The van der Waals surface area contributed by atoms with Crippen LogP contribution in [0, 0.1) is 5.41 Å². The summed E-state index contributed by atoms with van der Waals surface area (Å²) in [6.07, 6.45) is 6.72. The molecule has 0 amide bonds. The molecule has 1 atom stereocenters. The topological polar surface area (TPSA) is 78.5 Å². The fourth-order valence-corrected chi connectivity index (χ4v) is 3.07. The Morgan fingerprint density at radius 3 is 2.95 bits per heavy atom. The molecule has 3 N–H and O–H groups in total. The number of aromatic amines is 1. The Balaban J connectivity index is 1.88. The monoisotopic (exact) mass is 274 g/mol. The highest BCUT2D eigenvalue weighted by Gasteiger charge is 2.28. The number of fused-ring (bicyclic) bond motifs is 1. The van der Waals surface area contributed by atoms with Gasteiger partial charge in [0.05, 0.1) is 11.6 Å². The molecule has 1 aliphatic carbocycles. The highest BCUT2D eigenvalue weighted by molar-refractivity contribution is 5.87. The molecule has 20 heavy (non-hydrogen) atoms. The molecule has 0 spiro atoms. The van der Waals surface area contributed by atoms with Gasteiger partial charge in [0.25, 0.3) is 0 Å². The minimum atomic E-state index is 0.407. The number of nitrogens with zero attached hydrogens (tertiary/aromatic N) is 3. The molecular weight excluding hydrogens is 252 g/mol. The van der Waals surface area contributed by atoms with Crippen molar-refractivity contribution in [1.29, 1.82) is 0 Å². The summed E-state index contributed by atoms with van der Waals surface area (Å²) in [7, 11) is 1.82. The summed E-state index contributed by atoms with van der Waals surface area (Å²) < 4.78 is 0. The van der Waals surface area contributed by atoms with E-state index in [0.29, 0.717) is 17.4 Å². The van der Waals surface area contributed by atoms with Gasteiger partial charge in [0.2, 0.25) is 5.95 Å². The molecule has 0 radical (unpaired) electrons. The quantitative estimate of drug-likeness (QED) is 0.802. The van der Waals surface area contributed by atoms with E-state index in [2.05, 4.69) is 44.6 Å². The Morgan fingerprint density at radius 1 is 1.35 bits per heavy atom. The predicted octanol–water partition coefficient (Wildman–Crippen LogP) is 2.78. The van der Waals surface area contributed by atoms with Gasteiger partial charge in [0, 0.05) is 13.1 Å². The number of hydrogen-bond donors (Lipinski definition) is 3. The van der Waals surface area contributed by atoms with E-state index in [9.17, 15) is 0 Å². The van der Waals surface area contributed by atoms with Gasteiger partial charge in [0.1, 0.15) is 5.82 Å². The highest BCUT2D eigenvalue weighted by atomic mass is 15.2. The molecular formula is C14H22N6. The summed E-state index contributed by atoms with van der Waals surface area (Å²) in [5.41, 5.74) is 1.17. The van der Waals surface area contributed by atoms with Crippen LogP contribution in [0.25, 0.3) is 11.0 Å². The second-order valence-electron chi connectivity index (χ2n) is 6.38. The number of aromatic nitrogens is 4. The van der Waals surface area contributed by atoms with E-state index in [1.807, 2.05) is 7.05 Å². The molecule has 1 aliphatic rings. The van der Waals surface area contributed by atoms with Crippen LogP contribution in [0.3, 0.4) is 0 Å². The lowest BCUT2D eigenvalue weighted by atomic mass is 9.75. The molecule has 108 valence electrons. The van der Waals surface area contributed by atoms with Crippen molar-refractivity contribution in [3.8, 4) is 0 Å². The minimum Gasteiger partial charge on any atom is -0.367 e. The first kappa shape index (κ1) is 13.1. The number of H-pyrrole nitrogens is 1. The van der Waals surface area contributed by atoms with Crippen LogP contribution >= 0.6 is 0 Å². The minimum absolute atomic E-state index is 0.407. The van der Waals surface area contributed by atoms with Gasteiger partial charge in [0.15, 0.2) is 5.65 Å². The summed E-state index contributed by atoms with van der Waals surface area (Å²) in [5.74, 6) is 1.48. The Morgan fingerprint density at radius 2 is 2.20 bits per heavy atom. The third-order valence-corrected chi connectivity index (χ3v) is 4.08. The van der Waals surface area contributed by atoms with Crippen LogP contribution < -0.4 is 10.6 Å². The van der Waals surface area contributed by atoms with E-state index in [1.54, 1.807) is 6.20 Å². The SMILES string of the molecule is CNc1nc(NC2CCCC(C)(C)C2)c2cn[nH]c2n1. The maximum absolute atomic E-state index is 4.54. The molecule has 0 aliphatic heterocycles. The first-order chi connectivity index (χ1) is 9.57. The summed E-state index contributed by atoms with van der Waals surface area (Å²) in [6, 6.07) is 0.469. The molecule has 6 heteroatoms. The lowest BCUT2D eigenvalue weighted by molar-refractivity contribution is 0.229. The van der Waals surface area contributed by atoms with E-state index in [-0.39, 0.29) is 0 Å². The average Bonchev–Trinajstić information content (AvgIpc) is 2.85. The molecule has 1 saturated carbocycles. The Kier molecular flexibility index (Phi) is 3.23. The number of anilines is 2. The van der Waals surface area contributed by atoms with Gasteiger partial charge < -0.3 is 10.6 Å². The van der Waals surface area contributed by atoms with Crippen LogP contribution in [0.4, 0.5) is 11.8 Å². The second kappa shape index (κ2) is 4.92. The van der Waals surface area contributed by atoms with Crippen molar-refractivity contribution in [2.24, 2.45) is 5.41 Å². The number of nitrogens with one attached hydrogen (secondary N) is 3. The van der Waals surface area contributed by atoms with Crippen molar-refractivity contribution >= 4 is 22.8 Å². The molecule has 1 fully saturated rings. The normalized spacial score (nSPS) is 21.9. The summed E-state index contributed by atoms with van der Waals surface area (Å²) >= 11 is 0. The first-order valence-corrected chi connectivity index (χ1v) is 7.23. The third kappa shape index (κ3) is 2.55. The Hall–Kier alpha value is -1.85. The van der Waals surface area contributed by atoms with Crippen LogP contribution in [0.1, 0.15) is 39.5 Å². The van der Waals surface area contributed by atoms with Crippen molar-refractivity contribution in [3.05, 3.63) is 6.20 Å². The third-order valence-electron chi connectivity index (χ3n) is 4.08. The number of rotatable bonds is 3. The fraction of sp³-hybridized carbons (Fsp3) is 0.643. The molecule has 3 rings (SSSR count). The maximum Gasteiger partial charge on any atom is 0.226 e. The highest BCUT2D eigenvalue weighted by Crippen LogP contribution is 2.36. The second-order valence-corrected chi connectivity index (χ2v) is 6.38. The summed E-state index contributed by atoms with van der Waals surface area (Å²) in [6.45, 7) is 4.68. The van der Waals surface area contributed by atoms with Gasteiger partial charge in [-0.05, 0) is 24.7 Å². The van der Waals surface area contributed by atoms with Crippen LogP contribution in [0.5, 0.6) is 0 Å². The van der Waals surface area contributed by atoms with Gasteiger partial charge in [-0.3, -0.25) is 5.10 Å². The summed E-state index contributed by atoms with van der Waals surface area (Å²) in [4.78, 5) is 8.90. The zero-order valence-electron chi connectivity index (χ0n) is 12.3. The van der Waals surface area contributed by atoms with E-state index in [4.69, 9.17) is 0 Å². The molecule has 0 bridgehead atoms. The van der Waals surface area contributed by atoms with Crippen molar-refractivity contribution < 1.29 is 0 Å². The van der Waals surface area contributed by atoms with Crippen LogP contribution in [-0.2, 0) is 0 Å². The predicted molar refractivity (Wildman–Crippen MR) is 80.9 cm³/mol. The van der Waals surface area contributed by atoms with Gasteiger partial charge in [-0.15, -0.1) is 0 Å². The molecule has 2 aromatic heterocycles. The Bertz CT molecular complexity index is 603. The van der Waals surface area contributed by atoms with Crippen molar-refractivity contribution in [2.45, 2.75) is 45.6 Å². The molecule has 0 aromatic carbocycles. The molecule has 1 unspecified atom stereocenters. The van der Waals surface area contributed by atoms with Crippen LogP contribution in [0.2, 0.25) is 0 Å². The lowest BCUT2D eigenvalue weighted by Gasteiger charge is -2.35. The molecule has 2 aromatic rings. The lowest BCUT2D eigenvalue weighted by Crippen LogP contribution is -2.32. The van der Waals surface area contributed by atoms with E-state index < -0.39 is 0 Å². The van der Waals surface area contributed by atoms with Crippen LogP contribution in [0.15, 0.2) is 6.20 Å². The van der Waals surface area contributed by atoms with Gasteiger partial charge in [-0.25, -0.2) is 0 Å². The maximum atomic E-state index is 4.54. The summed E-state index contributed by atoms with van der Waals surface area (Å²) in [5, 5.41) is 14.5. The molecule has 6 nitrogen and oxygen atoms in total. The van der Waals surface area contributed by atoms with Crippen molar-refractivity contribution in [3.63, 3.8) is 0 Å². The van der Waals surface area contributed by atoms with E-state index in [0.717, 1.165) is 16.9 Å². The van der Waals surface area contributed by atoms with Gasteiger partial charge >= 0.3 is 0 Å². The molecule has 2 heterocycles. The zero-order valence-corrected chi connectivity index (χ0v) is 12.3. The fourth-order valence-electron chi connectivity index (χ4n) is 3.07. The average molecular weight is 274 g/mol. The van der Waals surface area contributed by atoms with Crippen molar-refractivity contribution in [1.82, 2.24) is 20.2 Å². The van der Waals surface area contributed by atoms with Crippen molar-refractivity contribution in [2.75, 3.05) is 17.7 Å². The van der Waals surface area contributed by atoms with Gasteiger partial charge in [-0.1, -0.05) is 20.3 Å². The Labute approximate surface area is 118 Å². The zero-order chi connectivity index (χ0) is 14.2. The van der Waals surface area contributed by atoms with Gasteiger partial charge in [-0.2, -0.15) is 15.1 Å². The van der Waals surface area contributed by atoms with Crippen LogP contribution in [-0.4, -0.2) is 33.3 Å². The van der Waals surface area contributed by atoms with E-state index in [1.165, 1.54) is 25.7 Å². The first-order valence-electron chi connectivity index (χ1n) is 7.23. The van der Waals surface area contributed by atoms with E-state index >= 15 is 0 Å². The number of hydrogen-bond acceptors (Lipinski definition) is 5. The smallest absolute Gasteiger partial charge is 0.226 e. The largest absolute Gasteiger partial charge is 0.367 e. The molecule has 0 saturated heterocycles.